The molecule has 2 nitrogen and oxygen atoms in total. The summed E-state index contributed by atoms with van der Waals surface area (Å²) in [5.41, 5.74) is 0.430. The lowest BCUT2D eigenvalue weighted by atomic mass is 9.88. The first-order valence-electron chi connectivity index (χ1n) is 9.55. The molecule has 0 spiro atoms. The molecular formula is C20H38O2. The lowest BCUT2D eigenvalue weighted by molar-refractivity contribution is -0.133. The van der Waals surface area contributed by atoms with E-state index in [4.69, 9.17) is 0 Å². The van der Waals surface area contributed by atoms with E-state index < -0.39 is 5.97 Å². The van der Waals surface area contributed by atoms with Gasteiger partial charge in [-0.3, -0.25) is 0 Å². The Balaban J connectivity index is 3.83. The number of carboxylic acid groups (broad SMARTS) is 1. The van der Waals surface area contributed by atoms with Crippen LogP contribution in [-0.4, -0.2) is 11.1 Å². The molecule has 0 aromatic carbocycles. The topological polar surface area (TPSA) is 37.3 Å². The summed E-state index contributed by atoms with van der Waals surface area (Å²) in [5.74, 6) is -0.616. The summed E-state index contributed by atoms with van der Waals surface area (Å²) < 4.78 is 0. The van der Waals surface area contributed by atoms with E-state index in [-0.39, 0.29) is 5.92 Å². The fraction of sp³-hybridized carbons (Fsp3) is 0.850. The van der Waals surface area contributed by atoms with Crippen molar-refractivity contribution < 1.29 is 9.90 Å². The minimum Gasteiger partial charge on any atom is -0.478 e. The molecule has 1 unspecified atom stereocenters. The first-order valence-corrected chi connectivity index (χ1v) is 9.55. The molecule has 1 atom stereocenters. The van der Waals surface area contributed by atoms with Crippen LogP contribution >= 0.6 is 0 Å². The Morgan fingerprint density at radius 3 is 1.55 bits per heavy atom. The highest BCUT2D eigenvalue weighted by molar-refractivity contribution is 5.86. The lowest BCUT2D eigenvalue weighted by Crippen LogP contribution is -2.12. The first kappa shape index (κ1) is 21.2. The number of hydrogen-bond donors (Lipinski definition) is 1. The van der Waals surface area contributed by atoms with E-state index in [0.717, 1.165) is 25.7 Å². The van der Waals surface area contributed by atoms with Crippen molar-refractivity contribution in [2.75, 3.05) is 0 Å². The Bertz CT molecular complexity index is 283. The van der Waals surface area contributed by atoms with Gasteiger partial charge >= 0.3 is 5.97 Å². The maximum absolute atomic E-state index is 11.2. The van der Waals surface area contributed by atoms with Crippen molar-refractivity contribution in [1.29, 1.82) is 0 Å². The number of carbonyl (C=O) groups is 1. The predicted octanol–water partition coefficient (Wildman–Crippen LogP) is 6.74. The van der Waals surface area contributed by atoms with Gasteiger partial charge in [0.1, 0.15) is 0 Å². The Labute approximate surface area is 138 Å². The van der Waals surface area contributed by atoms with Gasteiger partial charge in [0.05, 0.1) is 0 Å². The molecule has 0 aliphatic carbocycles. The van der Waals surface area contributed by atoms with Crippen molar-refractivity contribution >= 4 is 5.97 Å². The summed E-state index contributed by atoms with van der Waals surface area (Å²) in [7, 11) is 0. The van der Waals surface area contributed by atoms with E-state index in [9.17, 15) is 9.90 Å². The number of hydrogen-bond acceptors (Lipinski definition) is 1. The van der Waals surface area contributed by atoms with Crippen LogP contribution in [0.1, 0.15) is 104 Å². The van der Waals surface area contributed by atoms with E-state index in [2.05, 4.69) is 20.4 Å². The molecule has 0 saturated carbocycles. The summed E-state index contributed by atoms with van der Waals surface area (Å²) in [6.45, 7) is 8.25. The van der Waals surface area contributed by atoms with Gasteiger partial charge in [-0.25, -0.2) is 4.79 Å². The van der Waals surface area contributed by atoms with Crippen molar-refractivity contribution in [3.8, 4) is 0 Å². The molecular weight excluding hydrogens is 272 g/mol. The van der Waals surface area contributed by atoms with E-state index in [1.807, 2.05) is 0 Å². The van der Waals surface area contributed by atoms with Crippen LogP contribution in [0.5, 0.6) is 0 Å². The fourth-order valence-corrected chi connectivity index (χ4v) is 3.01. The highest BCUT2D eigenvalue weighted by Gasteiger charge is 2.17. The van der Waals surface area contributed by atoms with Gasteiger partial charge in [-0.15, -0.1) is 0 Å². The zero-order valence-corrected chi connectivity index (χ0v) is 15.0. The number of unbranched alkanes of at least 4 members (excludes halogenated alkanes) is 10. The van der Waals surface area contributed by atoms with E-state index in [0.29, 0.717) is 5.57 Å². The van der Waals surface area contributed by atoms with Crippen LogP contribution < -0.4 is 0 Å². The molecule has 130 valence electrons. The summed E-state index contributed by atoms with van der Waals surface area (Å²) in [6.07, 6.45) is 17.3. The van der Waals surface area contributed by atoms with Crippen molar-refractivity contribution in [3.63, 3.8) is 0 Å². The van der Waals surface area contributed by atoms with Crippen molar-refractivity contribution in [2.45, 2.75) is 104 Å². The highest BCUT2D eigenvalue weighted by atomic mass is 16.4. The molecule has 1 N–H and O–H groups in total. The van der Waals surface area contributed by atoms with Crippen LogP contribution in [0.15, 0.2) is 12.2 Å². The highest BCUT2D eigenvalue weighted by Crippen LogP contribution is 2.24. The SMILES string of the molecule is C=C(C(=O)O)C(CCCCCC)CCCCCCCCCC. The minimum atomic E-state index is -0.806. The maximum Gasteiger partial charge on any atom is 0.331 e. The molecule has 0 bridgehead atoms. The Morgan fingerprint density at radius 1 is 0.773 bits per heavy atom. The van der Waals surface area contributed by atoms with Gasteiger partial charge < -0.3 is 5.11 Å². The van der Waals surface area contributed by atoms with Gasteiger partial charge in [-0.05, 0) is 18.8 Å². The van der Waals surface area contributed by atoms with Crippen LogP contribution in [0, 0.1) is 5.92 Å². The van der Waals surface area contributed by atoms with Crippen molar-refractivity contribution in [1.82, 2.24) is 0 Å². The van der Waals surface area contributed by atoms with Gasteiger partial charge in [0.2, 0.25) is 0 Å². The van der Waals surface area contributed by atoms with Crippen LogP contribution in [0.2, 0.25) is 0 Å². The molecule has 0 aromatic heterocycles. The lowest BCUT2D eigenvalue weighted by Gasteiger charge is -2.17. The average molecular weight is 311 g/mol. The molecule has 0 amide bonds. The minimum absolute atomic E-state index is 0.189. The van der Waals surface area contributed by atoms with Crippen LogP contribution in [0.4, 0.5) is 0 Å². The standard InChI is InChI=1S/C20H38O2/c1-4-6-8-10-11-12-13-15-17-19(18(3)20(21)22)16-14-9-7-5-2/h19H,3-17H2,1-2H3,(H,21,22). The molecule has 0 aromatic rings. The zero-order chi connectivity index (χ0) is 16.6. The monoisotopic (exact) mass is 310 g/mol. The Kier molecular flexibility index (Phi) is 14.6. The third-order valence-corrected chi connectivity index (χ3v) is 4.58. The number of rotatable bonds is 16. The summed E-state index contributed by atoms with van der Waals surface area (Å²) in [4.78, 5) is 11.2. The second kappa shape index (κ2) is 15.1. The molecule has 0 heterocycles. The second-order valence-corrected chi connectivity index (χ2v) is 6.64. The largest absolute Gasteiger partial charge is 0.478 e. The van der Waals surface area contributed by atoms with Crippen LogP contribution in [0.3, 0.4) is 0 Å². The molecule has 0 saturated heterocycles. The number of aliphatic carboxylic acids is 1. The predicted molar refractivity (Wildman–Crippen MR) is 96.3 cm³/mol. The average Bonchev–Trinajstić information content (AvgIpc) is 2.51. The third kappa shape index (κ3) is 11.8. The normalized spacial score (nSPS) is 12.3. The van der Waals surface area contributed by atoms with E-state index in [1.165, 1.54) is 64.2 Å². The molecule has 2 heteroatoms. The van der Waals surface area contributed by atoms with Crippen LogP contribution in [-0.2, 0) is 4.79 Å². The summed E-state index contributed by atoms with van der Waals surface area (Å²) >= 11 is 0. The molecule has 0 fully saturated rings. The molecule has 0 rings (SSSR count). The fourth-order valence-electron chi connectivity index (χ4n) is 3.01. The molecule has 0 aliphatic heterocycles. The van der Waals surface area contributed by atoms with Crippen molar-refractivity contribution in [2.24, 2.45) is 5.92 Å². The van der Waals surface area contributed by atoms with Gasteiger partial charge in [0.25, 0.3) is 0 Å². The number of carboxylic acids is 1. The van der Waals surface area contributed by atoms with E-state index in [1.54, 1.807) is 0 Å². The van der Waals surface area contributed by atoms with Crippen molar-refractivity contribution in [3.05, 3.63) is 12.2 Å². The quantitative estimate of drug-likeness (QED) is 0.253. The Morgan fingerprint density at radius 2 is 1.14 bits per heavy atom. The van der Waals surface area contributed by atoms with Gasteiger partial charge in [0.15, 0.2) is 0 Å². The smallest absolute Gasteiger partial charge is 0.331 e. The van der Waals surface area contributed by atoms with Gasteiger partial charge in [-0.2, -0.15) is 0 Å². The van der Waals surface area contributed by atoms with Gasteiger partial charge in [0, 0.05) is 5.57 Å². The molecule has 22 heavy (non-hydrogen) atoms. The molecule has 0 aliphatic rings. The second-order valence-electron chi connectivity index (χ2n) is 6.64. The third-order valence-electron chi connectivity index (χ3n) is 4.58. The van der Waals surface area contributed by atoms with E-state index >= 15 is 0 Å². The summed E-state index contributed by atoms with van der Waals surface area (Å²) in [5, 5.41) is 9.18. The Hall–Kier alpha value is -0.790. The molecule has 0 radical (unpaired) electrons. The summed E-state index contributed by atoms with van der Waals surface area (Å²) in [6, 6.07) is 0. The van der Waals surface area contributed by atoms with Crippen LogP contribution in [0.25, 0.3) is 0 Å². The maximum atomic E-state index is 11.2. The van der Waals surface area contributed by atoms with Gasteiger partial charge in [-0.1, -0.05) is 97.5 Å². The first-order chi connectivity index (χ1) is 10.6. The zero-order valence-electron chi connectivity index (χ0n) is 15.0.